The molecule has 0 aliphatic heterocycles. The zero-order valence-corrected chi connectivity index (χ0v) is 14.7. The van der Waals surface area contributed by atoms with E-state index in [1.54, 1.807) is 48.5 Å². The summed E-state index contributed by atoms with van der Waals surface area (Å²) in [5.41, 5.74) is 0.508. The van der Waals surface area contributed by atoms with Gasteiger partial charge in [-0.2, -0.15) is 0 Å². The number of halogens is 1. The molecule has 1 aromatic heterocycles. The van der Waals surface area contributed by atoms with Gasteiger partial charge in [0.25, 0.3) is 0 Å². The van der Waals surface area contributed by atoms with Crippen molar-refractivity contribution in [2.45, 2.75) is 16.6 Å². The third-order valence-corrected chi connectivity index (χ3v) is 6.22. The second-order valence-electron chi connectivity index (χ2n) is 5.50. The molecule has 0 aliphatic carbocycles. The first-order valence-corrected chi connectivity index (χ1v) is 9.52. The van der Waals surface area contributed by atoms with Crippen LogP contribution in [-0.2, 0) is 9.84 Å². The molecule has 1 heterocycles. The van der Waals surface area contributed by atoms with Gasteiger partial charge in [0, 0.05) is 11.4 Å². The number of carbonyl (C=O) groups is 1. The first kappa shape index (κ1) is 17.5. The lowest BCUT2D eigenvalue weighted by Crippen LogP contribution is -2.17. The Kier molecular flexibility index (Phi) is 5.06. The maximum Gasteiger partial charge on any atom is 0.199 e. The predicted molar refractivity (Wildman–Crippen MR) is 95.5 cm³/mol. The molecule has 6 heteroatoms. The van der Waals surface area contributed by atoms with Crippen molar-refractivity contribution in [1.82, 2.24) is 0 Å². The van der Waals surface area contributed by atoms with E-state index in [-0.39, 0.29) is 22.9 Å². The number of carbonyl (C=O) groups excluding carboxylic acids is 1. The van der Waals surface area contributed by atoms with Crippen molar-refractivity contribution in [1.29, 1.82) is 0 Å². The molecule has 0 bridgehead atoms. The summed E-state index contributed by atoms with van der Waals surface area (Å²) in [5, 5.41) is -0.526. The Labute approximate surface area is 151 Å². The van der Waals surface area contributed by atoms with E-state index in [9.17, 15) is 13.2 Å². The maximum atomic E-state index is 13.1. The van der Waals surface area contributed by atoms with Crippen LogP contribution in [0.15, 0.2) is 82.3 Å². The van der Waals surface area contributed by atoms with E-state index >= 15 is 0 Å². The van der Waals surface area contributed by atoms with E-state index in [4.69, 9.17) is 16.0 Å². The number of benzene rings is 2. The van der Waals surface area contributed by atoms with Crippen LogP contribution in [0.25, 0.3) is 0 Å². The molecule has 1 atom stereocenters. The van der Waals surface area contributed by atoms with Crippen LogP contribution >= 0.6 is 11.6 Å². The van der Waals surface area contributed by atoms with E-state index in [1.807, 2.05) is 0 Å². The fourth-order valence-corrected chi connectivity index (χ4v) is 4.44. The number of hydrogen-bond donors (Lipinski definition) is 0. The zero-order valence-electron chi connectivity index (χ0n) is 13.1. The van der Waals surface area contributed by atoms with Crippen molar-refractivity contribution in [3.8, 4) is 0 Å². The smallest absolute Gasteiger partial charge is 0.199 e. The first-order chi connectivity index (χ1) is 12.0. The summed E-state index contributed by atoms with van der Waals surface area (Å²) < 4.78 is 31.3. The van der Waals surface area contributed by atoms with E-state index < -0.39 is 15.1 Å². The van der Waals surface area contributed by atoms with Gasteiger partial charge in [-0.1, -0.05) is 41.9 Å². The quantitative estimate of drug-likeness (QED) is 0.585. The van der Waals surface area contributed by atoms with Gasteiger partial charge in [-0.3, -0.25) is 4.79 Å². The minimum atomic E-state index is -3.76. The van der Waals surface area contributed by atoms with Crippen LogP contribution in [0, 0.1) is 0 Å². The molecule has 3 rings (SSSR count). The lowest BCUT2D eigenvalue weighted by atomic mass is 10.1. The van der Waals surface area contributed by atoms with Crippen molar-refractivity contribution in [3.63, 3.8) is 0 Å². The van der Waals surface area contributed by atoms with E-state index in [0.717, 1.165) is 0 Å². The van der Waals surface area contributed by atoms with Crippen molar-refractivity contribution in [2.24, 2.45) is 0 Å². The van der Waals surface area contributed by atoms with Crippen LogP contribution < -0.4 is 0 Å². The molecule has 4 nitrogen and oxygen atoms in total. The Balaban J connectivity index is 2.03. The molecule has 0 aliphatic rings. The standard InChI is InChI=1S/C19H15ClO4S/c20-15-10-8-14(9-11-15)19(13-17(21)18-7-4-12-24-18)25(22,23)16-5-2-1-3-6-16/h1-12,19H,13H2/t19-/m0/s1. The summed E-state index contributed by atoms with van der Waals surface area (Å²) >= 11 is 5.90. The van der Waals surface area contributed by atoms with Crippen LogP contribution in [0.2, 0.25) is 5.02 Å². The molecule has 0 spiro atoms. The van der Waals surface area contributed by atoms with Crippen LogP contribution in [-0.4, -0.2) is 14.2 Å². The van der Waals surface area contributed by atoms with Gasteiger partial charge in [0.1, 0.15) is 0 Å². The van der Waals surface area contributed by atoms with Crippen molar-refractivity contribution in [3.05, 3.63) is 89.3 Å². The van der Waals surface area contributed by atoms with E-state index in [0.29, 0.717) is 10.6 Å². The molecular formula is C19H15ClO4S. The lowest BCUT2D eigenvalue weighted by Gasteiger charge is -2.17. The van der Waals surface area contributed by atoms with Gasteiger partial charge in [-0.25, -0.2) is 8.42 Å². The highest BCUT2D eigenvalue weighted by Gasteiger charge is 2.32. The minimum Gasteiger partial charge on any atom is -0.461 e. The number of rotatable bonds is 6. The highest BCUT2D eigenvalue weighted by molar-refractivity contribution is 7.91. The van der Waals surface area contributed by atoms with Crippen molar-refractivity contribution in [2.75, 3.05) is 0 Å². The number of ketones is 1. The van der Waals surface area contributed by atoms with Gasteiger partial charge in [-0.05, 0) is 42.0 Å². The Morgan fingerprint density at radius 2 is 1.64 bits per heavy atom. The normalized spacial score (nSPS) is 12.7. The Morgan fingerprint density at radius 3 is 2.24 bits per heavy atom. The third kappa shape index (κ3) is 3.83. The summed E-state index contributed by atoms with van der Waals surface area (Å²) in [6.45, 7) is 0. The molecule has 0 radical (unpaired) electrons. The highest BCUT2D eigenvalue weighted by atomic mass is 35.5. The van der Waals surface area contributed by atoms with Crippen LogP contribution in [0.3, 0.4) is 0 Å². The van der Waals surface area contributed by atoms with Gasteiger partial charge in [0.15, 0.2) is 21.4 Å². The summed E-state index contributed by atoms with van der Waals surface area (Å²) in [6, 6.07) is 17.7. The van der Waals surface area contributed by atoms with Crippen LogP contribution in [0.4, 0.5) is 0 Å². The lowest BCUT2D eigenvalue weighted by molar-refractivity contribution is 0.0954. The van der Waals surface area contributed by atoms with E-state index in [1.165, 1.54) is 24.5 Å². The van der Waals surface area contributed by atoms with Crippen molar-refractivity contribution < 1.29 is 17.6 Å². The molecule has 0 saturated heterocycles. The minimum absolute atomic E-state index is 0.141. The van der Waals surface area contributed by atoms with Crippen LogP contribution in [0.1, 0.15) is 27.8 Å². The van der Waals surface area contributed by atoms with Gasteiger partial charge in [0.2, 0.25) is 0 Å². The summed E-state index contributed by atoms with van der Waals surface area (Å²) in [5.74, 6) is -0.230. The SMILES string of the molecule is O=C(C[C@@H](c1ccc(Cl)cc1)S(=O)(=O)c1ccccc1)c1ccco1. The Morgan fingerprint density at radius 1 is 0.960 bits per heavy atom. The number of furan rings is 1. The molecule has 2 aromatic carbocycles. The molecule has 128 valence electrons. The molecule has 3 aromatic rings. The Bertz CT molecular complexity index is 946. The Hall–Kier alpha value is -2.37. The first-order valence-electron chi connectivity index (χ1n) is 7.59. The van der Waals surface area contributed by atoms with Gasteiger partial charge in [-0.15, -0.1) is 0 Å². The summed E-state index contributed by atoms with van der Waals surface area (Å²) in [4.78, 5) is 12.6. The molecular weight excluding hydrogens is 360 g/mol. The second kappa shape index (κ2) is 7.25. The highest BCUT2D eigenvalue weighted by Crippen LogP contribution is 2.33. The maximum absolute atomic E-state index is 13.1. The van der Waals surface area contributed by atoms with Gasteiger partial charge >= 0.3 is 0 Å². The average Bonchev–Trinajstić information content (AvgIpc) is 3.16. The van der Waals surface area contributed by atoms with Crippen molar-refractivity contribution >= 4 is 27.2 Å². The fraction of sp³-hybridized carbons (Fsp3) is 0.105. The zero-order chi connectivity index (χ0) is 17.9. The largest absolute Gasteiger partial charge is 0.461 e. The van der Waals surface area contributed by atoms with Gasteiger partial charge in [0.05, 0.1) is 16.4 Å². The topological polar surface area (TPSA) is 64.3 Å². The van der Waals surface area contributed by atoms with Gasteiger partial charge < -0.3 is 4.42 Å². The predicted octanol–water partition coefficient (Wildman–Crippen LogP) is 4.72. The molecule has 0 unspecified atom stereocenters. The molecule has 0 fully saturated rings. The monoisotopic (exact) mass is 374 g/mol. The second-order valence-corrected chi connectivity index (χ2v) is 8.07. The summed E-state index contributed by atoms with van der Waals surface area (Å²) in [7, 11) is -3.76. The average molecular weight is 375 g/mol. The third-order valence-electron chi connectivity index (χ3n) is 3.85. The molecule has 0 amide bonds. The fourth-order valence-electron chi connectivity index (χ4n) is 2.56. The number of Topliss-reactive ketones (excluding diaryl/α,β-unsaturated/α-hetero) is 1. The molecule has 0 saturated carbocycles. The number of sulfone groups is 1. The molecule has 25 heavy (non-hydrogen) atoms. The van der Waals surface area contributed by atoms with Crippen LogP contribution in [0.5, 0.6) is 0 Å². The van der Waals surface area contributed by atoms with E-state index in [2.05, 4.69) is 0 Å². The number of hydrogen-bond acceptors (Lipinski definition) is 4. The summed E-state index contributed by atoms with van der Waals surface area (Å²) in [6.07, 6.45) is 1.17. The molecule has 0 N–H and O–H groups in total.